The fraction of sp³-hybridized carbons (Fsp3) is 0.346. The second-order valence-electron chi connectivity index (χ2n) is 8.50. The van der Waals surface area contributed by atoms with Crippen molar-refractivity contribution in [3.63, 3.8) is 0 Å². The summed E-state index contributed by atoms with van der Waals surface area (Å²) in [4.78, 5) is 20.8. The lowest BCUT2D eigenvalue weighted by atomic mass is 10.1. The van der Waals surface area contributed by atoms with Gasteiger partial charge in [0.25, 0.3) is 5.91 Å². The van der Waals surface area contributed by atoms with E-state index in [0.717, 1.165) is 56.9 Å². The van der Waals surface area contributed by atoms with Gasteiger partial charge in [-0.1, -0.05) is 24.3 Å². The number of anilines is 1. The number of nitrogens with one attached hydrogen (secondary N) is 2. The zero-order valence-corrected chi connectivity index (χ0v) is 18.3. The summed E-state index contributed by atoms with van der Waals surface area (Å²) in [6, 6.07) is 16.5. The average Bonchev–Trinajstić information content (AvgIpc) is 3.33. The molecule has 2 N–H and O–H groups in total. The van der Waals surface area contributed by atoms with Crippen LogP contribution in [0.2, 0.25) is 0 Å². The lowest BCUT2D eigenvalue weighted by Gasteiger charge is -2.36. The van der Waals surface area contributed by atoms with Crippen molar-refractivity contribution < 1.29 is 9.53 Å². The van der Waals surface area contributed by atoms with E-state index in [9.17, 15) is 4.79 Å². The minimum Gasteiger partial charge on any atom is -0.488 e. The molecule has 1 saturated heterocycles. The number of aromatic nitrogens is 1. The topological polar surface area (TPSA) is 60.6 Å². The number of piperazine rings is 1. The largest absolute Gasteiger partial charge is 0.488 e. The molecule has 2 aliphatic heterocycles. The Kier molecular flexibility index (Phi) is 6.12. The van der Waals surface area contributed by atoms with E-state index >= 15 is 0 Å². The van der Waals surface area contributed by atoms with Crippen LogP contribution in [0.1, 0.15) is 18.4 Å². The van der Waals surface area contributed by atoms with Crippen LogP contribution in [0.15, 0.2) is 60.3 Å². The maximum atomic E-state index is 12.4. The zero-order chi connectivity index (χ0) is 21.8. The number of carbonyl (C=O) groups excluding carboxylic acids is 1. The monoisotopic (exact) mass is 430 g/mol. The second kappa shape index (κ2) is 9.49. The van der Waals surface area contributed by atoms with E-state index in [-0.39, 0.29) is 5.91 Å². The van der Waals surface area contributed by atoms with Gasteiger partial charge in [0.15, 0.2) is 0 Å². The highest BCUT2D eigenvalue weighted by Crippen LogP contribution is 2.27. The molecule has 0 atom stereocenters. The standard InChI is InChI=1S/C26H30N4O2/c31-26(21-18-20-6-1-2-9-25(20)32-19-21)28-11-3-4-13-29-14-16-30(17-15-29)24-8-5-7-23-22(24)10-12-27-23/h1-2,5-10,12,18,27H,3-4,11,13-17,19H2,(H,28,31). The van der Waals surface area contributed by atoms with Crippen molar-refractivity contribution in [1.29, 1.82) is 0 Å². The molecule has 32 heavy (non-hydrogen) atoms. The van der Waals surface area contributed by atoms with Crippen LogP contribution in [0.3, 0.4) is 0 Å². The molecular weight excluding hydrogens is 400 g/mol. The summed E-state index contributed by atoms with van der Waals surface area (Å²) in [7, 11) is 0. The molecule has 1 fully saturated rings. The number of H-pyrrole nitrogens is 1. The molecule has 3 heterocycles. The molecule has 166 valence electrons. The van der Waals surface area contributed by atoms with Crippen LogP contribution in [0.25, 0.3) is 17.0 Å². The quantitative estimate of drug-likeness (QED) is 0.562. The third-order valence-corrected chi connectivity index (χ3v) is 6.40. The van der Waals surface area contributed by atoms with Gasteiger partial charge >= 0.3 is 0 Å². The van der Waals surface area contributed by atoms with Crippen molar-refractivity contribution in [1.82, 2.24) is 15.2 Å². The first-order valence-electron chi connectivity index (χ1n) is 11.5. The number of nitrogens with zero attached hydrogens (tertiary/aromatic N) is 2. The van der Waals surface area contributed by atoms with E-state index < -0.39 is 0 Å². The Labute approximate surface area is 188 Å². The number of aromatic amines is 1. The van der Waals surface area contributed by atoms with Gasteiger partial charge in [-0.2, -0.15) is 0 Å². The molecule has 5 rings (SSSR count). The Bertz CT molecular complexity index is 1110. The van der Waals surface area contributed by atoms with Crippen LogP contribution < -0.4 is 15.0 Å². The van der Waals surface area contributed by atoms with Gasteiger partial charge in [0, 0.05) is 61.1 Å². The van der Waals surface area contributed by atoms with E-state index in [1.54, 1.807) is 0 Å². The Morgan fingerprint density at radius 1 is 1.00 bits per heavy atom. The fourth-order valence-corrected chi connectivity index (χ4v) is 4.58. The van der Waals surface area contributed by atoms with Crippen molar-refractivity contribution in [2.45, 2.75) is 12.8 Å². The third kappa shape index (κ3) is 4.50. The number of carbonyl (C=O) groups is 1. The summed E-state index contributed by atoms with van der Waals surface area (Å²) >= 11 is 0. The van der Waals surface area contributed by atoms with Crippen LogP contribution >= 0.6 is 0 Å². The number of hydrogen-bond donors (Lipinski definition) is 2. The van der Waals surface area contributed by atoms with Crippen LogP contribution in [0, 0.1) is 0 Å². The van der Waals surface area contributed by atoms with Gasteiger partial charge in [-0.3, -0.25) is 9.69 Å². The van der Waals surface area contributed by atoms with E-state index in [4.69, 9.17) is 4.74 Å². The SMILES string of the molecule is O=C(NCCCCN1CCN(c2cccc3[nH]ccc23)CC1)C1=Cc2ccccc2OC1. The normalized spacial score (nSPS) is 16.4. The molecule has 0 bridgehead atoms. The minimum absolute atomic E-state index is 0.0213. The van der Waals surface area contributed by atoms with Gasteiger partial charge in [-0.05, 0) is 49.7 Å². The van der Waals surface area contributed by atoms with Crippen molar-refractivity contribution in [3.05, 3.63) is 65.9 Å². The van der Waals surface area contributed by atoms with E-state index in [0.29, 0.717) is 18.7 Å². The molecule has 6 nitrogen and oxygen atoms in total. The molecule has 3 aromatic rings. The maximum absolute atomic E-state index is 12.4. The Morgan fingerprint density at radius 3 is 2.78 bits per heavy atom. The van der Waals surface area contributed by atoms with Crippen LogP contribution in [0.5, 0.6) is 5.75 Å². The highest BCUT2D eigenvalue weighted by atomic mass is 16.5. The number of para-hydroxylation sites is 1. The maximum Gasteiger partial charge on any atom is 0.250 e. The Morgan fingerprint density at radius 2 is 1.88 bits per heavy atom. The summed E-state index contributed by atoms with van der Waals surface area (Å²) < 4.78 is 5.68. The molecule has 0 saturated carbocycles. The van der Waals surface area contributed by atoms with Gasteiger partial charge in [0.1, 0.15) is 12.4 Å². The smallest absolute Gasteiger partial charge is 0.250 e. The van der Waals surface area contributed by atoms with Gasteiger partial charge in [-0.15, -0.1) is 0 Å². The molecule has 1 aromatic heterocycles. The summed E-state index contributed by atoms with van der Waals surface area (Å²) in [6.07, 6.45) is 6.02. The summed E-state index contributed by atoms with van der Waals surface area (Å²) in [5.41, 5.74) is 4.19. The molecule has 2 aromatic carbocycles. The molecule has 0 spiro atoms. The third-order valence-electron chi connectivity index (χ3n) is 6.40. The van der Waals surface area contributed by atoms with Gasteiger partial charge in [-0.25, -0.2) is 0 Å². The lowest BCUT2D eigenvalue weighted by Crippen LogP contribution is -2.46. The Hall–Kier alpha value is -3.25. The Balaban J connectivity index is 1.02. The first-order valence-corrected chi connectivity index (χ1v) is 11.5. The molecule has 0 unspecified atom stereocenters. The second-order valence-corrected chi connectivity index (χ2v) is 8.50. The van der Waals surface area contributed by atoms with E-state index in [2.05, 4.69) is 44.4 Å². The highest BCUT2D eigenvalue weighted by Gasteiger charge is 2.19. The fourth-order valence-electron chi connectivity index (χ4n) is 4.58. The zero-order valence-electron chi connectivity index (χ0n) is 18.3. The van der Waals surface area contributed by atoms with Gasteiger partial charge < -0.3 is 19.9 Å². The average molecular weight is 431 g/mol. The van der Waals surface area contributed by atoms with Gasteiger partial charge in [0.2, 0.25) is 0 Å². The van der Waals surface area contributed by atoms with Crippen molar-refractivity contribution in [3.8, 4) is 5.75 Å². The van der Waals surface area contributed by atoms with E-state index in [1.807, 2.05) is 36.5 Å². The first-order chi connectivity index (χ1) is 15.8. The molecule has 0 aliphatic carbocycles. The number of hydrogen-bond acceptors (Lipinski definition) is 4. The van der Waals surface area contributed by atoms with Crippen molar-refractivity contribution in [2.24, 2.45) is 0 Å². The molecule has 2 aliphatic rings. The van der Waals surface area contributed by atoms with Gasteiger partial charge in [0.05, 0.1) is 5.57 Å². The van der Waals surface area contributed by atoms with Crippen molar-refractivity contribution >= 4 is 28.6 Å². The number of fused-ring (bicyclic) bond motifs is 2. The summed E-state index contributed by atoms with van der Waals surface area (Å²) in [6.45, 7) is 6.38. The number of ether oxygens (including phenoxy) is 1. The number of rotatable bonds is 7. The van der Waals surface area contributed by atoms with Crippen molar-refractivity contribution in [2.75, 3.05) is 50.8 Å². The first kappa shape index (κ1) is 20.6. The predicted octanol–water partition coefficient (Wildman–Crippen LogP) is 3.66. The van der Waals surface area contributed by atoms with Crippen LogP contribution in [-0.4, -0.2) is 61.7 Å². The minimum atomic E-state index is -0.0213. The molecule has 0 radical (unpaired) electrons. The van der Waals surface area contributed by atoms with Crippen LogP contribution in [-0.2, 0) is 4.79 Å². The molecule has 6 heteroatoms. The number of amides is 1. The molecule has 1 amide bonds. The number of unbranched alkanes of at least 4 members (excludes halogenated alkanes) is 1. The predicted molar refractivity (Wildman–Crippen MR) is 129 cm³/mol. The molecular formula is C26H30N4O2. The lowest BCUT2D eigenvalue weighted by molar-refractivity contribution is -0.117. The highest BCUT2D eigenvalue weighted by molar-refractivity contribution is 5.99. The number of benzene rings is 2. The van der Waals surface area contributed by atoms with Crippen LogP contribution in [0.4, 0.5) is 5.69 Å². The summed E-state index contributed by atoms with van der Waals surface area (Å²) in [5, 5.41) is 4.35. The van der Waals surface area contributed by atoms with E-state index in [1.165, 1.54) is 16.6 Å². The summed E-state index contributed by atoms with van der Waals surface area (Å²) in [5.74, 6) is 0.820.